The Balaban J connectivity index is 1.94. The van der Waals surface area contributed by atoms with E-state index in [-0.39, 0.29) is 22.1 Å². The Hall–Kier alpha value is -2.11. The van der Waals surface area contributed by atoms with Gasteiger partial charge in [-0.3, -0.25) is 4.72 Å². The van der Waals surface area contributed by atoms with E-state index in [1.165, 1.54) is 29.6 Å². The first-order valence-corrected chi connectivity index (χ1v) is 12.4. The molecule has 1 aromatic heterocycles. The number of hydrogen-bond acceptors (Lipinski definition) is 7. The Morgan fingerprint density at radius 2 is 2.03 bits per heavy atom. The van der Waals surface area contributed by atoms with Crippen molar-refractivity contribution in [3.05, 3.63) is 35.7 Å². The summed E-state index contributed by atoms with van der Waals surface area (Å²) in [6, 6.07) is 5.46. The summed E-state index contributed by atoms with van der Waals surface area (Å²) in [5.41, 5.74) is 0.934. The van der Waals surface area contributed by atoms with Crippen molar-refractivity contribution in [1.29, 1.82) is 0 Å². The number of ether oxygens (including phenoxy) is 1. The number of nitrogens with zero attached hydrogens (tertiary/aromatic N) is 2. The average molecular weight is 444 g/mol. The Morgan fingerprint density at radius 1 is 1.28 bits per heavy atom. The van der Waals surface area contributed by atoms with E-state index >= 15 is 0 Å². The second-order valence-corrected chi connectivity index (χ2v) is 10.6. The molecule has 9 nitrogen and oxygen atoms in total. The van der Waals surface area contributed by atoms with Crippen LogP contribution in [0.2, 0.25) is 0 Å². The average Bonchev–Trinajstić information content (AvgIpc) is 3.30. The number of anilines is 1. The molecule has 160 valence electrons. The molecule has 1 saturated heterocycles. The van der Waals surface area contributed by atoms with Crippen molar-refractivity contribution < 1.29 is 26.1 Å². The summed E-state index contributed by atoms with van der Waals surface area (Å²) in [6.07, 6.45) is 1.79. The molecule has 11 heteroatoms. The maximum atomic E-state index is 13.3. The second kappa shape index (κ2) is 8.33. The van der Waals surface area contributed by atoms with Crippen LogP contribution in [-0.4, -0.2) is 45.7 Å². The summed E-state index contributed by atoms with van der Waals surface area (Å²) >= 11 is 0. The molecule has 1 atom stereocenters. The van der Waals surface area contributed by atoms with Gasteiger partial charge in [-0.05, 0) is 38.3 Å². The Labute approximate surface area is 171 Å². The molecular formula is C18H25N3O6S2. The van der Waals surface area contributed by atoms with Crippen molar-refractivity contribution >= 4 is 25.7 Å². The van der Waals surface area contributed by atoms with Crippen molar-refractivity contribution in [2.24, 2.45) is 0 Å². The zero-order chi connectivity index (χ0) is 21.2. The quantitative estimate of drug-likeness (QED) is 0.666. The molecule has 0 spiro atoms. The number of methoxy groups -OCH3 is 1. The molecule has 2 heterocycles. The fraction of sp³-hybridized carbons (Fsp3) is 0.500. The predicted molar refractivity (Wildman–Crippen MR) is 108 cm³/mol. The summed E-state index contributed by atoms with van der Waals surface area (Å²) < 4.78 is 65.1. The molecule has 0 bridgehead atoms. The van der Waals surface area contributed by atoms with E-state index in [1.807, 2.05) is 0 Å². The fourth-order valence-electron chi connectivity index (χ4n) is 3.42. The van der Waals surface area contributed by atoms with Crippen LogP contribution in [0.4, 0.5) is 5.69 Å². The number of sulfonamides is 2. The normalized spacial score (nSPS) is 18.1. The highest BCUT2D eigenvalue weighted by Crippen LogP contribution is 2.39. The number of aromatic nitrogens is 1. The molecule has 0 amide bonds. The predicted octanol–water partition coefficient (Wildman–Crippen LogP) is 2.67. The van der Waals surface area contributed by atoms with Crippen LogP contribution in [0.5, 0.6) is 5.75 Å². The van der Waals surface area contributed by atoms with Crippen LogP contribution < -0.4 is 9.46 Å². The maximum absolute atomic E-state index is 13.3. The van der Waals surface area contributed by atoms with Crippen LogP contribution in [0.15, 0.2) is 33.7 Å². The highest BCUT2D eigenvalue weighted by atomic mass is 32.2. The highest BCUT2D eigenvalue weighted by molar-refractivity contribution is 7.92. The summed E-state index contributed by atoms with van der Waals surface area (Å²) in [4.78, 5) is -0.0263. The zero-order valence-corrected chi connectivity index (χ0v) is 18.2. The molecule has 1 fully saturated rings. The summed E-state index contributed by atoms with van der Waals surface area (Å²) in [7, 11) is -6.05. The molecule has 0 radical (unpaired) electrons. The van der Waals surface area contributed by atoms with Gasteiger partial charge in [-0.15, -0.1) is 0 Å². The number of rotatable bonds is 8. The topological polar surface area (TPSA) is 119 Å². The van der Waals surface area contributed by atoms with Crippen LogP contribution in [0.25, 0.3) is 0 Å². The van der Waals surface area contributed by atoms with Crippen LogP contribution in [0.1, 0.15) is 43.7 Å². The van der Waals surface area contributed by atoms with E-state index in [0.29, 0.717) is 37.3 Å². The van der Waals surface area contributed by atoms with Gasteiger partial charge >= 0.3 is 0 Å². The Kier molecular flexibility index (Phi) is 6.20. The first-order valence-electron chi connectivity index (χ1n) is 9.31. The highest BCUT2D eigenvalue weighted by Gasteiger charge is 2.39. The van der Waals surface area contributed by atoms with Gasteiger partial charge in [0.2, 0.25) is 20.0 Å². The Morgan fingerprint density at radius 3 is 2.66 bits per heavy atom. The number of benzene rings is 1. The van der Waals surface area contributed by atoms with E-state index in [2.05, 4.69) is 9.88 Å². The van der Waals surface area contributed by atoms with Crippen molar-refractivity contribution in [2.45, 2.75) is 44.0 Å². The van der Waals surface area contributed by atoms with E-state index in [1.54, 1.807) is 19.9 Å². The lowest BCUT2D eigenvalue weighted by atomic mass is 10.2. The van der Waals surface area contributed by atoms with Gasteiger partial charge in [-0.25, -0.2) is 16.8 Å². The lowest BCUT2D eigenvalue weighted by molar-refractivity contribution is 0.296. The summed E-state index contributed by atoms with van der Waals surface area (Å²) in [5.74, 6) is 0.550. The van der Waals surface area contributed by atoms with Crippen molar-refractivity contribution in [2.75, 3.05) is 24.1 Å². The van der Waals surface area contributed by atoms with Crippen LogP contribution in [-0.2, 0) is 20.0 Å². The first kappa shape index (κ1) is 21.6. The number of hydrogen-bond donors (Lipinski definition) is 1. The van der Waals surface area contributed by atoms with Crippen LogP contribution in [0, 0.1) is 6.92 Å². The maximum Gasteiger partial charge on any atom is 0.247 e. The fourth-order valence-corrected chi connectivity index (χ4v) is 6.35. The van der Waals surface area contributed by atoms with Gasteiger partial charge in [-0.1, -0.05) is 12.1 Å². The van der Waals surface area contributed by atoms with Gasteiger partial charge in [-0.2, -0.15) is 4.31 Å². The molecular weight excluding hydrogens is 418 g/mol. The molecule has 3 rings (SSSR count). The molecule has 0 unspecified atom stereocenters. The minimum absolute atomic E-state index is 0.0263. The zero-order valence-electron chi connectivity index (χ0n) is 16.6. The van der Waals surface area contributed by atoms with Gasteiger partial charge in [0, 0.05) is 18.7 Å². The van der Waals surface area contributed by atoms with Crippen molar-refractivity contribution in [1.82, 2.24) is 9.46 Å². The summed E-state index contributed by atoms with van der Waals surface area (Å²) in [5, 5.41) is 3.86. The first-order chi connectivity index (χ1) is 13.7. The minimum Gasteiger partial charge on any atom is -0.495 e. The standard InChI is InChI=1S/C18H25N3O6S2/c1-4-10-28(22,23)20-14-7-8-18(17(12-14)26-3)29(24,25)21-9-5-6-15(21)16-11-13(2)19-27-16/h7-8,11-12,15,20H,4-6,9-10H2,1-3H3/t15-/m1/s1. The van der Waals surface area contributed by atoms with E-state index in [4.69, 9.17) is 9.26 Å². The Bertz CT molecular complexity index is 1080. The molecule has 29 heavy (non-hydrogen) atoms. The van der Waals surface area contributed by atoms with Gasteiger partial charge in [0.15, 0.2) is 5.76 Å². The van der Waals surface area contributed by atoms with Gasteiger partial charge in [0.05, 0.1) is 30.3 Å². The third-order valence-electron chi connectivity index (χ3n) is 4.67. The lowest BCUT2D eigenvalue weighted by Crippen LogP contribution is -2.31. The lowest BCUT2D eigenvalue weighted by Gasteiger charge is -2.23. The van der Waals surface area contributed by atoms with Crippen molar-refractivity contribution in [3.63, 3.8) is 0 Å². The van der Waals surface area contributed by atoms with Crippen LogP contribution in [0.3, 0.4) is 0 Å². The van der Waals surface area contributed by atoms with E-state index in [9.17, 15) is 16.8 Å². The molecule has 2 aromatic rings. The molecule has 1 aliphatic rings. The van der Waals surface area contributed by atoms with Gasteiger partial charge in [0.25, 0.3) is 0 Å². The SMILES string of the molecule is CCCS(=O)(=O)Nc1ccc(S(=O)(=O)N2CCC[C@@H]2c2cc(C)no2)c(OC)c1. The van der Waals surface area contributed by atoms with Crippen LogP contribution >= 0.6 is 0 Å². The largest absolute Gasteiger partial charge is 0.495 e. The smallest absolute Gasteiger partial charge is 0.247 e. The van der Waals surface area contributed by atoms with E-state index < -0.39 is 26.1 Å². The third-order valence-corrected chi connectivity index (χ3v) is 8.11. The number of aryl methyl sites for hydroxylation is 1. The third kappa shape index (κ3) is 4.57. The monoisotopic (exact) mass is 443 g/mol. The van der Waals surface area contributed by atoms with E-state index in [0.717, 1.165) is 0 Å². The molecule has 1 aromatic carbocycles. The van der Waals surface area contributed by atoms with Gasteiger partial charge in [0.1, 0.15) is 10.6 Å². The molecule has 1 aliphatic heterocycles. The van der Waals surface area contributed by atoms with Gasteiger partial charge < -0.3 is 9.26 Å². The minimum atomic E-state index is -3.90. The number of nitrogens with one attached hydrogen (secondary N) is 1. The van der Waals surface area contributed by atoms with Crippen molar-refractivity contribution in [3.8, 4) is 5.75 Å². The second-order valence-electron chi connectivity index (χ2n) is 6.93. The molecule has 0 saturated carbocycles. The molecule has 1 N–H and O–H groups in total. The summed E-state index contributed by atoms with van der Waals surface area (Å²) in [6.45, 7) is 3.89. The molecule has 0 aliphatic carbocycles.